The number of benzene rings is 2. The van der Waals surface area contributed by atoms with E-state index in [-0.39, 0.29) is 18.6 Å². The third-order valence-corrected chi connectivity index (χ3v) is 6.40. The number of thiocarbonyl (C=S) groups is 1. The highest BCUT2D eigenvalue weighted by Crippen LogP contribution is 2.30. The number of methoxy groups -OCH3 is 3. The predicted octanol–water partition coefficient (Wildman–Crippen LogP) is 3.43. The van der Waals surface area contributed by atoms with Crippen LogP contribution in [0, 0.1) is 0 Å². The van der Waals surface area contributed by atoms with Gasteiger partial charge in [-0.1, -0.05) is 25.3 Å². The summed E-state index contributed by atoms with van der Waals surface area (Å²) in [6, 6.07) is 10.6. The second-order valence-corrected chi connectivity index (χ2v) is 8.91. The molecule has 3 N–H and O–H groups in total. The van der Waals surface area contributed by atoms with Gasteiger partial charge in [-0.15, -0.1) is 0 Å². The molecule has 0 radical (unpaired) electrons. The van der Waals surface area contributed by atoms with E-state index in [0.29, 0.717) is 40.2 Å². The normalized spacial score (nSPS) is 13.4. The molecule has 2 aromatic carbocycles. The minimum absolute atomic E-state index is 0.197. The maximum Gasteiger partial charge on any atom is 0.257 e. The van der Waals surface area contributed by atoms with Crippen LogP contribution in [0.2, 0.25) is 0 Å². The van der Waals surface area contributed by atoms with Crippen LogP contribution in [-0.2, 0) is 11.3 Å². The van der Waals surface area contributed by atoms with Crippen molar-refractivity contribution in [2.45, 2.75) is 44.7 Å². The van der Waals surface area contributed by atoms with Gasteiger partial charge in [0.1, 0.15) is 11.5 Å². The van der Waals surface area contributed by atoms with Gasteiger partial charge < -0.3 is 29.6 Å². The molecule has 10 heteroatoms. The average molecular weight is 516 g/mol. The molecular formula is C26H33N3O6S. The van der Waals surface area contributed by atoms with Crippen molar-refractivity contribution in [2.75, 3.05) is 27.9 Å². The van der Waals surface area contributed by atoms with Gasteiger partial charge in [0.05, 0.1) is 21.3 Å². The first-order valence-electron chi connectivity index (χ1n) is 11.8. The van der Waals surface area contributed by atoms with Gasteiger partial charge >= 0.3 is 0 Å². The zero-order chi connectivity index (χ0) is 26.1. The highest BCUT2D eigenvalue weighted by atomic mass is 32.1. The van der Waals surface area contributed by atoms with Crippen LogP contribution in [0.25, 0.3) is 0 Å². The van der Waals surface area contributed by atoms with E-state index in [1.165, 1.54) is 27.8 Å². The molecule has 1 aliphatic rings. The van der Waals surface area contributed by atoms with E-state index in [1.54, 1.807) is 24.3 Å². The molecular weight excluding hydrogens is 482 g/mol. The first-order valence-corrected chi connectivity index (χ1v) is 12.2. The Morgan fingerprint density at radius 1 is 0.972 bits per heavy atom. The largest absolute Gasteiger partial charge is 0.497 e. The van der Waals surface area contributed by atoms with E-state index < -0.39 is 5.91 Å². The van der Waals surface area contributed by atoms with E-state index in [4.69, 9.17) is 36.9 Å². The Hall–Kier alpha value is -3.53. The molecule has 9 nitrogen and oxygen atoms in total. The molecule has 0 aromatic heterocycles. The monoisotopic (exact) mass is 515 g/mol. The Kier molecular flexibility index (Phi) is 9.75. The molecule has 0 unspecified atom stereocenters. The number of carbonyl (C=O) groups is 2. The fourth-order valence-corrected chi connectivity index (χ4v) is 4.52. The molecule has 0 heterocycles. The number of hydrogen-bond acceptors (Lipinski definition) is 7. The van der Waals surface area contributed by atoms with Gasteiger partial charge in [-0.2, -0.15) is 0 Å². The Balaban J connectivity index is 1.81. The fourth-order valence-electron chi connectivity index (χ4n) is 4.21. The number of amides is 2. The zero-order valence-corrected chi connectivity index (χ0v) is 21.7. The van der Waals surface area contributed by atoms with Crippen molar-refractivity contribution in [3.8, 4) is 23.0 Å². The first-order chi connectivity index (χ1) is 17.3. The van der Waals surface area contributed by atoms with Crippen LogP contribution in [0.4, 0.5) is 0 Å². The summed E-state index contributed by atoms with van der Waals surface area (Å²) in [6.07, 6.45) is 5.37. The second kappa shape index (κ2) is 13.0. The molecule has 0 spiro atoms. The summed E-state index contributed by atoms with van der Waals surface area (Å²) in [5, 5.41) is 3.24. The summed E-state index contributed by atoms with van der Waals surface area (Å²) in [7, 11) is 4.59. The molecule has 3 rings (SSSR count). The SMILES string of the molecule is COc1cc(OC)cc(C(=O)NC(=S)N(Cc2ccc(OCC(N)=O)c(OC)c2)C2CCCCC2)c1. The highest BCUT2D eigenvalue weighted by Gasteiger charge is 2.25. The number of carbonyl (C=O) groups excluding carboxylic acids is 2. The molecule has 2 aromatic rings. The number of nitrogens with one attached hydrogen (secondary N) is 1. The zero-order valence-electron chi connectivity index (χ0n) is 20.9. The van der Waals surface area contributed by atoms with Gasteiger partial charge in [0.2, 0.25) is 0 Å². The number of ether oxygens (including phenoxy) is 4. The molecule has 1 fully saturated rings. The number of nitrogens with zero attached hydrogens (tertiary/aromatic N) is 1. The smallest absolute Gasteiger partial charge is 0.257 e. The van der Waals surface area contributed by atoms with E-state index >= 15 is 0 Å². The number of nitrogens with two attached hydrogens (primary N) is 1. The average Bonchev–Trinajstić information content (AvgIpc) is 2.90. The molecule has 194 valence electrons. The lowest BCUT2D eigenvalue weighted by Crippen LogP contribution is -2.48. The maximum absolute atomic E-state index is 13.1. The lowest BCUT2D eigenvalue weighted by atomic mass is 9.94. The third kappa shape index (κ3) is 7.24. The van der Waals surface area contributed by atoms with Crippen molar-refractivity contribution in [1.82, 2.24) is 10.2 Å². The minimum Gasteiger partial charge on any atom is -0.497 e. The summed E-state index contributed by atoms with van der Waals surface area (Å²) >= 11 is 5.74. The molecule has 1 saturated carbocycles. The van der Waals surface area contributed by atoms with Gasteiger partial charge in [-0.3, -0.25) is 14.9 Å². The van der Waals surface area contributed by atoms with Gasteiger partial charge in [0.25, 0.3) is 11.8 Å². The van der Waals surface area contributed by atoms with E-state index in [1.807, 2.05) is 12.1 Å². The van der Waals surface area contributed by atoms with Crippen LogP contribution in [0.1, 0.15) is 48.0 Å². The van der Waals surface area contributed by atoms with Crippen molar-refractivity contribution >= 4 is 29.1 Å². The summed E-state index contributed by atoms with van der Waals surface area (Å²) < 4.78 is 21.5. The summed E-state index contributed by atoms with van der Waals surface area (Å²) in [4.78, 5) is 26.2. The lowest BCUT2D eigenvalue weighted by molar-refractivity contribution is -0.119. The maximum atomic E-state index is 13.1. The predicted molar refractivity (Wildman–Crippen MR) is 140 cm³/mol. The van der Waals surface area contributed by atoms with E-state index in [9.17, 15) is 9.59 Å². The topological polar surface area (TPSA) is 112 Å². The van der Waals surface area contributed by atoms with Crippen LogP contribution in [-0.4, -0.2) is 55.8 Å². The number of primary amides is 1. The summed E-state index contributed by atoms with van der Waals surface area (Å²) in [5.74, 6) is 1.02. The molecule has 0 saturated heterocycles. The minimum atomic E-state index is -0.570. The van der Waals surface area contributed by atoms with Gasteiger partial charge in [-0.05, 0) is 54.9 Å². The van der Waals surface area contributed by atoms with Gasteiger partial charge in [-0.25, -0.2) is 0 Å². The van der Waals surface area contributed by atoms with Crippen LogP contribution in [0.15, 0.2) is 36.4 Å². The number of rotatable bonds is 10. The third-order valence-electron chi connectivity index (χ3n) is 6.06. The van der Waals surface area contributed by atoms with Crippen LogP contribution in [0.5, 0.6) is 23.0 Å². The molecule has 0 aliphatic heterocycles. The summed E-state index contributed by atoms with van der Waals surface area (Å²) in [5.41, 5.74) is 6.49. The number of hydrogen-bond donors (Lipinski definition) is 2. The molecule has 0 bridgehead atoms. The Morgan fingerprint density at radius 3 is 2.22 bits per heavy atom. The Morgan fingerprint density at radius 2 is 1.64 bits per heavy atom. The molecule has 1 aliphatic carbocycles. The first kappa shape index (κ1) is 27.1. The van der Waals surface area contributed by atoms with Crippen molar-refractivity contribution in [3.63, 3.8) is 0 Å². The molecule has 2 amide bonds. The van der Waals surface area contributed by atoms with Crippen LogP contribution in [0.3, 0.4) is 0 Å². The van der Waals surface area contributed by atoms with Crippen molar-refractivity contribution < 1.29 is 28.5 Å². The molecule has 0 atom stereocenters. The van der Waals surface area contributed by atoms with Gasteiger partial charge in [0, 0.05) is 24.2 Å². The van der Waals surface area contributed by atoms with E-state index in [0.717, 1.165) is 31.2 Å². The Labute approximate surface area is 216 Å². The van der Waals surface area contributed by atoms with E-state index in [2.05, 4.69) is 10.2 Å². The highest BCUT2D eigenvalue weighted by molar-refractivity contribution is 7.80. The quantitative estimate of drug-likeness (QED) is 0.463. The Bertz CT molecular complexity index is 1070. The van der Waals surface area contributed by atoms with Crippen LogP contribution >= 0.6 is 12.2 Å². The van der Waals surface area contributed by atoms with Crippen molar-refractivity contribution in [3.05, 3.63) is 47.5 Å². The fraction of sp³-hybridized carbons (Fsp3) is 0.423. The standard InChI is InChI=1S/C26H33N3O6S/c1-32-20-12-18(13-21(14-20)33-2)25(31)28-26(36)29(19-7-5-4-6-8-19)15-17-9-10-22(23(11-17)34-3)35-16-24(27)30/h9-14,19H,4-8,15-16H2,1-3H3,(H2,27,30)(H,28,31,36). The van der Waals surface area contributed by atoms with Crippen molar-refractivity contribution in [2.24, 2.45) is 5.73 Å². The van der Waals surface area contributed by atoms with Crippen LogP contribution < -0.4 is 30.0 Å². The van der Waals surface area contributed by atoms with Gasteiger partial charge in [0.15, 0.2) is 23.2 Å². The second-order valence-electron chi connectivity index (χ2n) is 8.52. The summed E-state index contributed by atoms with van der Waals surface area (Å²) in [6.45, 7) is 0.229. The molecule has 36 heavy (non-hydrogen) atoms. The van der Waals surface area contributed by atoms with Crippen molar-refractivity contribution in [1.29, 1.82) is 0 Å². The lowest BCUT2D eigenvalue weighted by Gasteiger charge is -2.36.